The molecule has 2 aromatic rings. The van der Waals surface area contributed by atoms with Gasteiger partial charge in [0, 0.05) is 23.5 Å². The van der Waals surface area contributed by atoms with Crippen LogP contribution in [0.5, 0.6) is 5.75 Å². The van der Waals surface area contributed by atoms with E-state index in [1.807, 2.05) is 25.1 Å². The first-order valence-electron chi connectivity index (χ1n) is 4.92. The van der Waals surface area contributed by atoms with Gasteiger partial charge in [0.05, 0.1) is 13.4 Å². The number of rotatable bonds is 3. The molecule has 1 unspecified atom stereocenters. The molecule has 15 heavy (non-hydrogen) atoms. The Balaban J connectivity index is 2.56. The average molecular weight is 206 g/mol. The number of hydrogen-bond acceptors (Lipinski definition) is 3. The van der Waals surface area contributed by atoms with Crippen LogP contribution in [0, 0.1) is 0 Å². The summed E-state index contributed by atoms with van der Waals surface area (Å²) in [6, 6.07) is 5.67. The van der Waals surface area contributed by atoms with Crippen LogP contribution >= 0.6 is 0 Å². The molecule has 1 atom stereocenters. The summed E-state index contributed by atoms with van der Waals surface area (Å²) >= 11 is 0. The SMILES string of the molecule is COc1ccc2occ(C(C)CO)c2c1. The first kappa shape index (κ1) is 10.1. The molecule has 0 aliphatic rings. The molecule has 0 spiro atoms. The van der Waals surface area contributed by atoms with Crippen LogP contribution in [-0.4, -0.2) is 18.8 Å². The van der Waals surface area contributed by atoms with E-state index in [0.717, 1.165) is 22.3 Å². The first-order valence-corrected chi connectivity index (χ1v) is 4.92. The van der Waals surface area contributed by atoms with Crippen molar-refractivity contribution in [2.45, 2.75) is 12.8 Å². The van der Waals surface area contributed by atoms with E-state index in [1.54, 1.807) is 13.4 Å². The Morgan fingerprint density at radius 2 is 2.27 bits per heavy atom. The lowest BCUT2D eigenvalue weighted by Crippen LogP contribution is -1.97. The first-order chi connectivity index (χ1) is 7.26. The zero-order valence-electron chi connectivity index (χ0n) is 8.86. The van der Waals surface area contributed by atoms with Crippen LogP contribution in [0.25, 0.3) is 11.0 Å². The minimum absolute atomic E-state index is 0.0818. The number of fused-ring (bicyclic) bond motifs is 1. The zero-order valence-corrected chi connectivity index (χ0v) is 8.86. The van der Waals surface area contributed by atoms with Gasteiger partial charge in [-0.1, -0.05) is 6.92 Å². The molecule has 3 heteroatoms. The summed E-state index contributed by atoms with van der Waals surface area (Å²) < 4.78 is 10.6. The quantitative estimate of drug-likeness (QED) is 0.839. The minimum atomic E-state index is 0.0818. The topological polar surface area (TPSA) is 42.6 Å². The molecule has 0 bridgehead atoms. The molecule has 1 heterocycles. The standard InChI is InChI=1S/C12H14O3/c1-8(6-13)11-7-15-12-4-3-9(14-2)5-10(11)12/h3-5,7-8,13H,6H2,1-2H3. The van der Waals surface area contributed by atoms with Gasteiger partial charge in [0.1, 0.15) is 11.3 Å². The monoisotopic (exact) mass is 206 g/mol. The molecule has 0 fully saturated rings. The van der Waals surface area contributed by atoms with Crippen molar-refractivity contribution in [1.82, 2.24) is 0 Å². The van der Waals surface area contributed by atoms with Crippen LogP contribution < -0.4 is 4.74 Å². The summed E-state index contributed by atoms with van der Waals surface area (Å²) in [4.78, 5) is 0. The lowest BCUT2D eigenvalue weighted by atomic mass is 10.0. The van der Waals surface area contributed by atoms with Gasteiger partial charge in [-0.2, -0.15) is 0 Å². The number of hydrogen-bond donors (Lipinski definition) is 1. The second kappa shape index (κ2) is 3.95. The van der Waals surface area contributed by atoms with Crippen molar-refractivity contribution < 1.29 is 14.3 Å². The largest absolute Gasteiger partial charge is 0.497 e. The van der Waals surface area contributed by atoms with Crippen LogP contribution in [0.3, 0.4) is 0 Å². The van der Waals surface area contributed by atoms with E-state index in [4.69, 9.17) is 14.3 Å². The van der Waals surface area contributed by atoms with Gasteiger partial charge in [-0.25, -0.2) is 0 Å². The smallest absolute Gasteiger partial charge is 0.134 e. The van der Waals surface area contributed by atoms with Crippen LogP contribution in [0.4, 0.5) is 0 Å². The lowest BCUT2D eigenvalue weighted by Gasteiger charge is -2.05. The molecule has 2 rings (SSSR count). The Kier molecular flexibility index (Phi) is 2.64. The summed E-state index contributed by atoms with van der Waals surface area (Å²) in [6.07, 6.45) is 1.70. The molecular formula is C12H14O3. The zero-order chi connectivity index (χ0) is 10.8. The number of methoxy groups -OCH3 is 1. The summed E-state index contributed by atoms with van der Waals surface area (Å²) in [6.45, 7) is 2.08. The van der Waals surface area contributed by atoms with E-state index in [2.05, 4.69) is 0 Å². The van der Waals surface area contributed by atoms with Crippen molar-refractivity contribution in [1.29, 1.82) is 0 Å². The molecule has 1 N–H and O–H groups in total. The number of aliphatic hydroxyl groups is 1. The van der Waals surface area contributed by atoms with Gasteiger partial charge >= 0.3 is 0 Å². The maximum Gasteiger partial charge on any atom is 0.134 e. The maximum absolute atomic E-state index is 9.12. The van der Waals surface area contributed by atoms with Crippen molar-refractivity contribution >= 4 is 11.0 Å². The fraction of sp³-hybridized carbons (Fsp3) is 0.333. The fourth-order valence-electron chi connectivity index (χ4n) is 1.63. The third-order valence-corrected chi connectivity index (χ3v) is 2.62. The number of aliphatic hydroxyl groups excluding tert-OH is 1. The van der Waals surface area contributed by atoms with E-state index in [9.17, 15) is 0 Å². The summed E-state index contributed by atoms with van der Waals surface area (Å²) in [5.41, 5.74) is 1.84. The summed E-state index contributed by atoms with van der Waals surface area (Å²) in [7, 11) is 1.64. The molecule has 80 valence electrons. The summed E-state index contributed by atoms with van der Waals surface area (Å²) in [5.74, 6) is 0.883. The van der Waals surface area contributed by atoms with Crippen molar-refractivity contribution in [3.63, 3.8) is 0 Å². The predicted molar refractivity (Wildman–Crippen MR) is 58.3 cm³/mol. The molecule has 1 aromatic heterocycles. The van der Waals surface area contributed by atoms with Crippen LogP contribution in [0.1, 0.15) is 18.4 Å². The highest BCUT2D eigenvalue weighted by atomic mass is 16.5. The Morgan fingerprint density at radius 3 is 2.93 bits per heavy atom. The molecule has 1 aromatic carbocycles. The minimum Gasteiger partial charge on any atom is -0.497 e. The van der Waals surface area contributed by atoms with Crippen molar-refractivity contribution in [3.8, 4) is 5.75 Å². The highest BCUT2D eigenvalue weighted by molar-refractivity contribution is 5.83. The number of ether oxygens (including phenoxy) is 1. The Bertz CT molecular complexity index is 459. The maximum atomic E-state index is 9.12. The van der Waals surface area contributed by atoms with Gasteiger partial charge in [-0.15, -0.1) is 0 Å². The van der Waals surface area contributed by atoms with Crippen molar-refractivity contribution in [3.05, 3.63) is 30.0 Å². The Hall–Kier alpha value is -1.48. The second-order valence-corrected chi connectivity index (χ2v) is 3.64. The van der Waals surface area contributed by atoms with E-state index in [-0.39, 0.29) is 12.5 Å². The molecule has 0 amide bonds. The summed E-state index contributed by atoms with van der Waals surface area (Å²) in [5, 5.41) is 10.1. The molecule has 0 aliphatic carbocycles. The number of furan rings is 1. The molecule has 0 aliphatic heterocycles. The van der Waals surface area contributed by atoms with Gasteiger partial charge in [-0.3, -0.25) is 0 Å². The van der Waals surface area contributed by atoms with Crippen molar-refractivity contribution in [2.24, 2.45) is 0 Å². The lowest BCUT2D eigenvalue weighted by molar-refractivity contribution is 0.273. The van der Waals surface area contributed by atoms with Crippen LogP contribution in [-0.2, 0) is 0 Å². The van der Waals surface area contributed by atoms with Gasteiger partial charge in [-0.05, 0) is 18.2 Å². The molecule has 0 saturated carbocycles. The van der Waals surface area contributed by atoms with Crippen molar-refractivity contribution in [2.75, 3.05) is 13.7 Å². The van der Waals surface area contributed by atoms with E-state index in [1.165, 1.54) is 0 Å². The average Bonchev–Trinajstić information content (AvgIpc) is 2.70. The Labute approximate surface area is 88.3 Å². The number of benzene rings is 1. The highest BCUT2D eigenvalue weighted by Crippen LogP contribution is 2.30. The fourth-order valence-corrected chi connectivity index (χ4v) is 1.63. The van der Waals surface area contributed by atoms with Gasteiger partial charge in [0.2, 0.25) is 0 Å². The predicted octanol–water partition coefficient (Wildman–Crippen LogP) is 2.54. The van der Waals surface area contributed by atoms with Gasteiger partial charge in [0.25, 0.3) is 0 Å². The van der Waals surface area contributed by atoms with Crippen LogP contribution in [0.2, 0.25) is 0 Å². The molecule has 3 nitrogen and oxygen atoms in total. The van der Waals surface area contributed by atoms with Gasteiger partial charge in [0.15, 0.2) is 0 Å². The second-order valence-electron chi connectivity index (χ2n) is 3.64. The van der Waals surface area contributed by atoms with Crippen LogP contribution in [0.15, 0.2) is 28.9 Å². The normalized spacial score (nSPS) is 13.0. The van der Waals surface area contributed by atoms with E-state index >= 15 is 0 Å². The molecular weight excluding hydrogens is 192 g/mol. The van der Waals surface area contributed by atoms with E-state index in [0.29, 0.717) is 0 Å². The highest BCUT2D eigenvalue weighted by Gasteiger charge is 2.12. The van der Waals surface area contributed by atoms with Gasteiger partial charge < -0.3 is 14.3 Å². The molecule has 0 radical (unpaired) electrons. The molecule has 0 saturated heterocycles. The third-order valence-electron chi connectivity index (χ3n) is 2.62. The van der Waals surface area contributed by atoms with E-state index < -0.39 is 0 Å². The Morgan fingerprint density at radius 1 is 1.47 bits per heavy atom. The third kappa shape index (κ3) is 1.70.